The third kappa shape index (κ3) is 9.83. The molecule has 4 nitrogen and oxygen atoms in total. The summed E-state index contributed by atoms with van der Waals surface area (Å²) in [5.74, 6) is 7.18. The van der Waals surface area contributed by atoms with E-state index in [1.807, 2.05) is 83.1 Å². The van der Waals surface area contributed by atoms with Crippen molar-refractivity contribution in [2.45, 2.75) is 84.8 Å². The normalized spacial score (nSPS) is 12.0. The Morgan fingerprint density at radius 3 is 2.12 bits per heavy atom. The summed E-state index contributed by atoms with van der Waals surface area (Å²) in [4.78, 5) is 13.6. The van der Waals surface area contributed by atoms with Gasteiger partial charge in [-0.05, 0) is 107 Å². The van der Waals surface area contributed by atoms with E-state index in [0.717, 1.165) is 41.0 Å². The first-order valence-corrected chi connectivity index (χ1v) is 12.6. The third-order valence-electron chi connectivity index (χ3n) is 5.35. The van der Waals surface area contributed by atoms with Crippen molar-refractivity contribution in [2.24, 2.45) is 16.0 Å². The number of esters is 1. The second kappa shape index (κ2) is 11.8. The van der Waals surface area contributed by atoms with E-state index in [0.29, 0.717) is 6.61 Å². The van der Waals surface area contributed by atoms with Crippen molar-refractivity contribution in [3.63, 3.8) is 0 Å². The molecule has 0 aliphatic heterocycles. The van der Waals surface area contributed by atoms with Gasteiger partial charge >= 0.3 is 5.97 Å². The van der Waals surface area contributed by atoms with Crippen molar-refractivity contribution in [1.29, 1.82) is 0 Å². The maximum absolute atomic E-state index is 12.6. The zero-order valence-electron chi connectivity index (χ0n) is 21.7. The van der Waals surface area contributed by atoms with Crippen molar-refractivity contribution >= 4 is 17.9 Å². The van der Waals surface area contributed by atoms with Crippen LogP contribution in [0, 0.1) is 22.7 Å². The first-order chi connectivity index (χ1) is 15.8. The van der Waals surface area contributed by atoms with Gasteiger partial charge in [0.05, 0.1) is 5.41 Å². The molecule has 0 amide bonds. The molecule has 2 N–H and O–H groups in total. The predicted molar refractivity (Wildman–Crippen MR) is 141 cm³/mol. The summed E-state index contributed by atoms with van der Waals surface area (Å²) >= 11 is 1.24. The summed E-state index contributed by atoms with van der Waals surface area (Å²) in [6.07, 6.45) is 2.43. The lowest BCUT2D eigenvalue weighted by atomic mass is 9.73. The van der Waals surface area contributed by atoms with Crippen molar-refractivity contribution in [3.05, 3.63) is 59.7 Å². The van der Waals surface area contributed by atoms with Gasteiger partial charge in [-0.1, -0.05) is 37.8 Å². The lowest BCUT2D eigenvalue weighted by Crippen LogP contribution is -2.36. The lowest BCUT2D eigenvalue weighted by Gasteiger charge is -2.35. The van der Waals surface area contributed by atoms with Crippen molar-refractivity contribution in [1.82, 2.24) is 0 Å². The smallest absolute Gasteiger partial charge is 0.312 e. The Morgan fingerprint density at radius 2 is 1.56 bits per heavy atom. The SMILES string of the molecule is CC(C)(CCC#Cc1ccc(OCc2ccc(SN)cc2)cc1)CC(C)(C)C(=O)OC(C)(C)C. The molecule has 2 rings (SSSR count). The predicted octanol–water partition coefficient (Wildman–Crippen LogP) is 7.15. The van der Waals surface area contributed by atoms with Crippen LogP contribution in [0.1, 0.15) is 78.9 Å². The van der Waals surface area contributed by atoms with Gasteiger partial charge in [0.2, 0.25) is 0 Å². The van der Waals surface area contributed by atoms with Crippen LogP contribution in [-0.4, -0.2) is 11.6 Å². The summed E-state index contributed by atoms with van der Waals surface area (Å²) < 4.78 is 11.5. The Hall–Kier alpha value is -2.42. The van der Waals surface area contributed by atoms with Gasteiger partial charge in [-0.2, -0.15) is 0 Å². The molecule has 0 atom stereocenters. The molecule has 0 saturated carbocycles. The maximum atomic E-state index is 12.6. The molecule has 0 aromatic heterocycles. The van der Waals surface area contributed by atoms with Crippen LogP contribution >= 0.6 is 11.9 Å². The Labute approximate surface area is 210 Å². The van der Waals surface area contributed by atoms with E-state index < -0.39 is 11.0 Å². The molecule has 0 aliphatic rings. The Morgan fingerprint density at radius 1 is 0.941 bits per heavy atom. The van der Waals surface area contributed by atoms with E-state index in [1.165, 1.54) is 11.9 Å². The maximum Gasteiger partial charge on any atom is 0.312 e. The van der Waals surface area contributed by atoms with E-state index in [-0.39, 0.29) is 11.4 Å². The average molecular weight is 482 g/mol. The number of benzene rings is 2. The number of hydrogen-bond acceptors (Lipinski definition) is 5. The largest absolute Gasteiger partial charge is 0.489 e. The van der Waals surface area contributed by atoms with Gasteiger partial charge < -0.3 is 9.47 Å². The van der Waals surface area contributed by atoms with Gasteiger partial charge in [-0.25, -0.2) is 0 Å². The highest BCUT2D eigenvalue weighted by molar-refractivity contribution is 7.97. The van der Waals surface area contributed by atoms with Crippen molar-refractivity contribution in [3.8, 4) is 17.6 Å². The zero-order chi connectivity index (χ0) is 25.4. The molecule has 0 heterocycles. The first-order valence-electron chi connectivity index (χ1n) is 11.7. The van der Waals surface area contributed by atoms with Crippen LogP contribution in [0.3, 0.4) is 0 Å². The second-order valence-electron chi connectivity index (χ2n) is 11.1. The van der Waals surface area contributed by atoms with Crippen LogP contribution in [0.5, 0.6) is 5.75 Å². The quantitative estimate of drug-likeness (QED) is 0.234. The molecule has 34 heavy (non-hydrogen) atoms. The molecule has 0 bridgehead atoms. The van der Waals surface area contributed by atoms with Crippen molar-refractivity contribution in [2.75, 3.05) is 0 Å². The minimum absolute atomic E-state index is 0.0200. The molecular formula is C29H39NO3S. The lowest BCUT2D eigenvalue weighted by molar-refractivity contribution is -0.167. The summed E-state index contributed by atoms with van der Waals surface area (Å²) in [5.41, 5.74) is 1.03. The number of carbonyl (C=O) groups excluding carboxylic acids is 1. The zero-order valence-corrected chi connectivity index (χ0v) is 22.5. The Kier molecular flexibility index (Phi) is 9.67. The fourth-order valence-electron chi connectivity index (χ4n) is 3.80. The average Bonchev–Trinajstić information content (AvgIpc) is 2.74. The molecule has 0 fully saturated rings. The number of carbonyl (C=O) groups is 1. The minimum Gasteiger partial charge on any atom is -0.489 e. The monoisotopic (exact) mass is 481 g/mol. The van der Waals surface area contributed by atoms with Crippen LogP contribution in [0.15, 0.2) is 53.4 Å². The molecule has 184 valence electrons. The Bertz CT molecular complexity index is 991. The fourth-order valence-corrected chi connectivity index (χ4v) is 4.10. The van der Waals surface area contributed by atoms with Crippen LogP contribution in [-0.2, 0) is 16.1 Å². The van der Waals surface area contributed by atoms with Gasteiger partial charge in [0.15, 0.2) is 0 Å². The fraction of sp³-hybridized carbons (Fsp3) is 0.483. The molecule has 0 spiro atoms. The van der Waals surface area contributed by atoms with Crippen LogP contribution in [0.25, 0.3) is 0 Å². The summed E-state index contributed by atoms with van der Waals surface area (Å²) in [6.45, 7) is 14.5. The standard InChI is InChI=1S/C29H39NO3S/c1-27(2,3)33-26(31)29(6,7)21-28(4,5)19-9-8-10-22-11-15-24(16-12-22)32-20-23-13-17-25(34-30)18-14-23/h11-18H,9,19-21,30H2,1-7H3. The molecule has 2 aromatic carbocycles. The van der Waals surface area contributed by atoms with E-state index >= 15 is 0 Å². The van der Waals surface area contributed by atoms with E-state index in [2.05, 4.69) is 25.7 Å². The van der Waals surface area contributed by atoms with Gasteiger partial charge in [-0.3, -0.25) is 9.93 Å². The molecule has 0 unspecified atom stereocenters. The number of rotatable bonds is 9. The van der Waals surface area contributed by atoms with E-state index in [1.54, 1.807) is 0 Å². The van der Waals surface area contributed by atoms with Crippen LogP contribution < -0.4 is 9.88 Å². The third-order valence-corrected chi connectivity index (χ3v) is 5.90. The molecule has 0 aliphatic carbocycles. The molecule has 0 saturated heterocycles. The Balaban J connectivity index is 1.83. The van der Waals surface area contributed by atoms with Gasteiger partial charge in [0, 0.05) is 16.9 Å². The van der Waals surface area contributed by atoms with Crippen LogP contribution in [0.2, 0.25) is 0 Å². The highest BCUT2D eigenvalue weighted by Crippen LogP contribution is 2.38. The van der Waals surface area contributed by atoms with Gasteiger partial charge in [0.25, 0.3) is 0 Å². The second-order valence-corrected chi connectivity index (χ2v) is 11.8. The van der Waals surface area contributed by atoms with Gasteiger partial charge in [0.1, 0.15) is 18.0 Å². The minimum atomic E-state index is -0.536. The summed E-state index contributed by atoms with van der Waals surface area (Å²) in [6, 6.07) is 15.9. The van der Waals surface area contributed by atoms with E-state index in [4.69, 9.17) is 14.6 Å². The number of nitrogens with two attached hydrogens (primary N) is 1. The summed E-state index contributed by atoms with van der Waals surface area (Å²) in [5, 5.41) is 5.55. The highest BCUT2D eigenvalue weighted by atomic mass is 32.2. The highest BCUT2D eigenvalue weighted by Gasteiger charge is 2.37. The number of hydrogen-bond donors (Lipinski definition) is 1. The molecule has 5 heteroatoms. The van der Waals surface area contributed by atoms with Gasteiger partial charge in [-0.15, -0.1) is 0 Å². The topological polar surface area (TPSA) is 61.5 Å². The molecular weight excluding hydrogens is 442 g/mol. The molecule has 2 aromatic rings. The first kappa shape index (κ1) is 27.8. The van der Waals surface area contributed by atoms with Crippen LogP contribution in [0.4, 0.5) is 0 Å². The van der Waals surface area contributed by atoms with Crippen molar-refractivity contribution < 1.29 is 14.3 Å². The molecule has 0 radical (unpaired) electrons. The number of ether oxygens (including phenoxy) is 2. The van der Waals surface area contributed by atoms with E-state index in [9.17, 15) is 4.79 Å². The summed E-state index contributed by atoms with van der Waals surface area (Å²) in [7, 11) is 0.